The number of nitrogens with zero attached hydrogens (tertiary/aromatic N) is 5. The van der Waals surface area contributed by atoms with Gasteiger partial charge in [0.25, 0.3) is 17.7 Å². The predicted octanol–water partition coefficient (Wildman–Crippen LogP) is 7.16. The molecule has 8 rings (SSSR count). The lowest BCUT2D eigenvalue weighted by Gasteiger charge is -2.53. The van der Waals surface area contributed by atoms with Gasteiger partial charge in [0, 0.05) is 67.5 Å². The summed E-state index contributed by atoms with van der Waals surface area (Å²) in [6.07, 6.45) is 5.51. The lowest BCUT2D eigenvalue weighted by atomic mass is 9.73. The lowest BCUT2D eigenvalue weighted by Crippen LogP contribution is -2.59. The molecule has 0 atom stereocenters. The summed E-state index contributed by atoms with van der Waals surface area (Å²) in [6, 6.07) is 19.1. The number of benzene rings is 2. The van der Waals surface area contributed by atoms with Crippen LogP contribution in [-0.2, 0) is 11.2 Å². The largest absolute Gasteiger partial charge is 0.381 e. The number of hydrogen-bond donors (Lipinski definition) is 2. The molecule has 0 aliphatic carbocycles. The number of aryl methyl sites for hydroxylation is 2. The number of carbonyl (C=O) groups excluding carboxylic acids is 3. The van der Waals surface area contributed by atoms with Crippen molar-refractivity contribution in [3.8, 4) is 16.6 Å². The quantitative estimate of drug-likeness (QED) is 0.187. The Balaban J connectivity index is 0.993. The smallest absolute Gasteiger partial charge is 0.268 e. The molecule has 6 heterocycles. The van der Waals surface area contributed by atoms with E-state index < -0.39 is 11.7 Å². The molecule has 3 aromatic heterocycles. The van der Waals surface area contributed by atoms with Gasteiger partial charge in [-0.05, 0) is 92.8 Å². The highest BCUT2D eigenvalue weighted by molar-refractivity contribution is 7.17. The highest BCUT2D eigenvalue weighted by Crippen LogP contribution is 2.44. The summed E-state index contributed by atoms with van der Waals surface area (Å²) in [6.45, 7) is 7.02. The minimum Gasteiger partial charge on any atom is -0.381 e. The monoisotopic (exact) mass is 741 g/mol. The molecular weight excluding hydrogens is 706 g/mol. The van der Waals surface area contributed by atoms with Gasteiger partial charge in [-0.15, -0.1) is 11.3 Å². The van der Waals surface area contributed by atoms with Gasteiger partial charge in [-0.3, -0.25) is 19.4 Å². The molecule has 0 saturated carbocycles. The van der Waals surface area contributed by atoms with E-state index in [-0.39, 0.29) is 40.6 Å². The maximum Gasteiger partial charge on any atom is 0.268 e. The van der Waals surface area contributed by atoms with Crippen LogP contribution in [0.15, 0.2) is 73.1 Å². The number of nitriles is 1. The summed E-state index contributed by atoms with van der Waals surface area (Å²) in [5.41, 5.74) is 4.97. The number of aromatic nitrogens is 2. The molecule has 272 valence electrons. The van der Waals surface area contributed by atoms with E-state index in [1.54, 1.807) is 78.8 Å². The first-order valence-electron chi connectivity index (χ1n) is 17.7. The van der Waals surface area contributed by atoms with Crippen molar-refractivity contribution >= 4 is 51.9 Å². The number of amides is 3. The summed E-state index contributed by atoms with van der Waals surface area (Å²) in [4.78, 5) is 54.3. The molecule has 3 amide bonds. The Morgan fingerprint density at radius 2 is 1.76 bits per heavy atom. The van der Waals surface area contributed by atoms with Crippen molar-refractivity contribution in [2.75, 3.05) is 53.3 Å². The van der Waals surface area contributed by atoms with Crippen LogP contribution < -0.4 is 20.4 Å². The van der Waals surface area contributed by atoms with E-state index in [1.807, 2.05) is 13.0 Å². The Morgan fingerprint density at radius 3 is 2.52 bits per heavy atom. The average molecular weight is 742 g/mol. The Labute approximate surface area is 315 Å². The van der Waals surface area contributed by atoms with Crippen LogP contribution in [-0.4, -0.2) is 60.5 Å². The predicted molar refractivity (Wildman–Crippen MR) is 205 cm³/mol. The van der Waals surface area contributed by atoms with Crippen LogP contribution in [0.5, 0.6) is 0 Å². The number of thiophene rings is 1. The van der Waals surface area contributed by atoms with Gasteiger partial charge in [-0.1, -0.05) is 12.1 Å². The van der Waals surface area contributed by atoms with Crippen molar-refractivity contribution in [3.63, 3.8) is 0 Å². The van der Waals surface area contributed by atoms with Crippen LogP contribution in [0.25, 0.3) is 10.6 Å². The second-order valence-electron chi connectivity index (χ2n) is 14.1. The number of ether oxygens (including phenoxy) is 1. The summed E-state index contributed by atoms with van der Waals surface area (Å²) in [5, 5.41) is 15.2. The van der Waals surface area contributed by atoms with Crippen molar-refractivity contribution in [1.29, 1.82) is 5.26 Å². The second kappa shape index (κ2) is 14.1. The van der Waals surface area contributed by atoms with E-state index in [4.69, 9.17) is 4.74 Å². The first-order chi connectivity index (χ1) is 26.1. The molecule has 0 unspecified atom stereocenters. The van der Waals surface area contributed by atoms with Gasteiger partial charge in [0.2, 0.25) is 0 Å². The molecular formula is C41H36FN7O4S. The number of rotatable bonds is 6. The highest BCUT2D eigenvalue weighted by Gasteiger charge is 2.45. The number of fused-ring (bicyclic) bond motifs is 3. The van der Waals surface area contributed by atoms with E-state index >= 15 is 4.39 Å². The number of carbonyl (C=O) groups is 3. The van der Waals surface area contributed by atoms with Gasteiger partial charge in [0.15, 0.2) is 5.82 Å². The number of halogens is 1. The zero-order valence-corrected chi connectivity index (χ0v) is 30.6. The van der Waals surface area contributed by atoms with Crippen LogP contribution in [0.1, 0.15) is 65.5 Å². The fraction of sp³-hybridized carbons (Fsp3) is 0.268. The maximum absolute atomic E-state index is 16.1. The van der Waals surface area contributed by atoms with Gasteiger partial charge in [0.1, 0.15) is 22.5 Å². The molecule has 11 nitrogen and oxygen atoms in total. The third-order valence-corrected chi connectivity index (χ3v) is 11.7. The molecule has 13 heteroatoms. The fourth-order valence-electron chi connectivity index (χ4n) is 7.51. The fourth-order valence-corrected chi connectivity index (χ4v) is 8.64. The maximum atomic E-state index is 16.1. The summed E-state index contributed by atoms with van der Waals surface area (Å²) in [7, 11) is 0. The third kappa shape index (κ3) is 6.37. The van der Waals surface area contributed by atoms with Gasteiger partial charge >= 0.3 is 0 Å². The van der Waals surface area contributed by atoms with Gasteiger partial charge in [-0.25, -0.2) is 9.37 Å². The molecule has 2 aromatic carbocycles. The van der Waals surface area contributed by atoms with Crippen molar-refractivity contribution in [3.05, 3.63) is 117 Å². The molecule has 1 spiro atoms. The summed E-state index contributed by atoms with van der Waals surface area (Å²) >= 11 is 0.971. The highest BCUT2D eigenvalue weighted by atomic mass is 32.1. The molecule has 54 heavy (non-hydrogen) atoms. The number of pyridine rings is 2. The molecule has 2 N–H and O–H groups in total. The zero-order valence-electron chi connectivity index (χ0n) is 29.7. The molecule has 5 aromatic rings. The number of hydrogen-bond acceptors (Lipinski definition) is 9. The SMILES string of the molecule is Cc1cnc(N2CC3(CCOCC3)C2)c(C(=O)Nc2ccc(C(=O)N3CCc4c(sc(C(=O)Nc5c(C)cccc5C#N)c4F)-c4ncccc43)cc2)c1. The summed E-state index contributed by atoms with van der Waals surface area (Å²) in [5.74, 6) is -1.27. The normalized spacial score (nSPS) is 15.7. The topological polar surface area (TPSA) is 141 Å². The Morgan fingerprint density at radius 1 is 0.981 bits per heavy atom. The van der Waals surface area contributed by atoms with Gasteiger partial charge in [0.05, 0.1) is 27.4 Å². The van der Waals surface area contributed by atoms with Crippen LogP contribution in [0.3, 0.4) is 0 Å². The average Bonchev–Trinajstić information content (AvgIpc) is 3.41. The lowest BCUT2D eigenvalue weighted by molar-refractivity contribution is -0.000511. The minimum absolute atomic E-state index is 0.122. The molecule has 3 aliphatic heterocycles. The Kier molecular flexibility index (Phi) is 9.17. The summed E-state index contributed by atoms with van der Waals surface area (Å²) < 4.78 is 21.6. The standard InChI is InChI=1S/C41H36FN7O4S/c1-24-19-30(37(45-21-24)48-22-41(23-48)13-17-53-18-14-41)38(50)46-28-10-8-26(9-11-28)40(52)49-16-12-29-32(42)36(54-35(29)34-31(49)7-4-15-44-34)39(51)47-33-25(2)5-3-6-27(33)20-43/h3-11,15,19,21H,12-14,16-18,22-23H2,1-2H3,(H,46,50)(H,47,51). The number of nitrogens with one attached hydrogen (secondary N) is 2. The zero-order chi connectivity index (χ0) is 37.6. The van der Waals surface area contributed by atoms with Crippen LogP contribution in [0, 0.1) is 36.4 Å². The van der Waals surface area contributed by atoms with Crippen LogP contribution >= 0.6 is 11.3 Å². The molecule has 0 bridgehead atoms. The second-order valence-corrected chi connectivity index (χ2v) is 15.1. The van der Waals surface area contributed by atoms with E-state index in [2.05, 4.69) is 31.6 Å². The van der Waals surface area contributed by atoms with Gasteiger partial charge < -0.3 is 25.2 Å². The van der Waals surface area contributed by atoms with Crippen molar-refractivity contribution in [2.45, 2.75) is 33.1 Å². The van der Waals surface area contributed by atoms with E-state index in [9.17, 15) is 19.6 Å². The van der Waals surface area contributed by atoms with Gasteiger partial charge in [-0.2, -0.15) is 5.26 Å². The Bertz CT molecular complexity index is 2360. The number of para-hydroxylation sites is 1. The first kappa shape index (κ1) is 35.1. The van der Waals surface area contributed by atoms with Crippen LogP contribution in [0.4, 0.5) is 27.3 Å². The van der Waals surface area contributed by atoms with Crippen LogP contribution in [0.2, 0.25) is 0 Å². The molecule has 2 saturated heterocycles. The van der Waals surface area contributed by atoms with Crippen molar-refractivity contribution in [1.82, 2.24) is 9.97 Å². The van der Waals surface area contributed by atoms with E-state index in [1.165, 1.54) is 0 Å². The van der Waals surface area contributed by atoms with Crippen molar-refractivity contribution in [2.24, 2.45) is 5.41 Å². The minimum atomic E-state index is -0.672. The van der Waals surface area contributed by atoms with E-state index in [0.29, 0.717) is 55.7 Å². The first-order valence-corrected chi connectivity index (χ1v) is 18.6. The Hall–Kier alpha value is -5.97. The molecule has 0 radical (unpaired) electrons. The van der Waals surface area contributed by atoms with E-state index in [0.717, 1.165) is 56.0 Å². The van der Waals surface area contributed by atoms with Crippen molar-refractivity contribution < 1.29 is 23.5 Å². The molecule has 3 aliphatic rings. The molecule has 2 fully saturated rings. The number of anilines is 4. The third-order valence-electron chi connectivity index (χ3n) is 10.4.